The molecule has 0 saturated heterocycles. The van der Waals surface area contributed by atoms with Crippen molar-refractivity contribution in [3.05, 3.63) is 65.8 Å². The molecule has 1 saturated carbocycles. The van der Waals surface area contributed by atoms with Gasteiger partial charge in [0.2, 0.25) is 0 Å². The minimum atomic E-state index is -2.12. The molecule has 1 aliphatic rings. The van der Waals surface area contributed by atoms with Gasteiger partial charge in [-0.05, 0) is 54.5 Å². The van der Waals surface area contributed by atoms with Crippen molar-refractivity contribution < 1.29 is 17.6 Å². The number of benzene rings is 2. The molecule has 0 unspecified atom stereocenters. The fourth-order valence-corrected chi connectivity index (χ4v) is 3.55. The second-order valence-corrected chi connectivity index (χ2v) is 6.35. The van der Waals surface area contributed by atoms with Gasteiger partial charge < -0.3 is 0 Å². The third-order valence-corrected chi connectivity index (χ3v) is 4.92. The van der Waals surface area contributed by atoms with E-state index in [1.54, 1.807) is 12.1 Å². The Hall–Kier alpha value is -2.10. The van der Waals surface area contributed by atoms with Crippen molar-refractivity contribution in [3.63, 3.8) is 0 Å². The molecular weight excluding hydrogens is 316 g/mol. The van der Waals surface area contributed by atoms with E-state index in [2.05, 4.69) is 6.58 Å². The first-order valence-electron chi connectivity index (χ1n) is 8.06. The Balaban J connectivity index is 1.98. The molecule has 0 amide bonds. The summed E-state index contributed by atoms with van der Waals surface area (Å²) in [6.07, 6.45) is 4.25. The Bertz CT molecular complexity index is 795. The lowest BCUT2D eigenvalue weighted by Crippen LogP contribution is -2.11. The molecule has 2 aromatic carbocycles. The van der Waals surface area contributed by atoms with Crippen LogP contribution >= 0.6 is 0 Å². The Morgan fingerprint density at radius 1 is 1.04 bits per heavy atom. The molecule has 0 N–H and O–H groups in total. The third-order valence-electron chi connectivity index (χ3n) is 4.92. The first kappa shape index (κ1) is 16.7. The van der Waals surface area contributed by atoms with E-state index in [1.165, 1.54) is 0 Å². The molecule has 0 atom stereocenters. The molecule has 0 nitrogen and oxygen atoms in total. The second-order valence-electron chi connectivity index (χ2n) is 6.35. The van der Waals surface area contributed by atoms with Crippen molar-refractivity contribution in [2.75, 3.05) is 0 Å². The average molecular weight is 334 g/mol. The molecule has 0 aromatic heterocycles. The summed E-state index contributed by atoms with van der Waals surface area (Å²) in [5.74, 6) is -1.01. The van der Waals surface area contributed by atoms with E-state index in [0.717, 1.165) is 37.3 Å². The predicted octanol–water partition coefficient (Wildman–Crippen LogP) is 6.82. The minimum absolute atomic E-state index is 0.160. The highest BCUT2D eigenvalue weighted by atomic mass is 19.3. The highest BCUT2D eigenvalue weighted by molar-refractivity contribution is 5.86. The molecule has 24 heavy (non-hydrogen) atoms. The highest BCUT2D eigenvalue weighted by Crippen LogP contribution is 2.37. The largest absolute Gasteiger partial charge is 0.271 e. The number of halogens is 4. The van der Waals surface area contributed by atoms with Crippen LogP contribution in [0.5, 0.6) is 0 Å². The zero-order chi connectivity index (χ0) is 17.3. The number of rotatable bonds is 3. The van der Waals surface area contributed by atoms with Crippen LogP contribution in [0.15, 0.2) is 43.0 Å². The van der Waals surface area contributed by atoms with Gasteiger partial charge in [0.15, 0.2) is 0 Å². The monoisotopic (exact) mass is 334 g/mol. The van der Waals surface area contributed by atoms with Crippen LogP contribution in [0.2, 0.25) is 0 Å². The SMILES string of the molecule is C=CC1CCC(c2ccc3c(F)c(C=C(F)F)c(F)cc3c2)CC1. The van der Waals surface area contributed by atoms with Gasteiger partial charge in [0.1, 0.15) is 11.6 Å². The quantitative estimate of drug-likeness (QED) is 0.427. The van der Waals surface area contributed by atoms with Gasteiger partial charge in [-0.1, -0.05) is 24.3 Å². The minimum Gasteiger partial charge on any atom is -0.206 e. The van der Waals surface area contributed by atoms with Gasteiger partial charge in [-0.25, -0.2) is 8.78 Å². The van der Waals surface area contributed by atoms with Crippen molar-refractivity contribution in [3.8, 4) is 0 Å². The van der Waals surface area contributed by atoms with Gasteiger partial charge in [0, 0.05) is 11.5 Å². The van der Waals surface area contributed by atoms with E-state index in [4.69, 9.17) is 0 Å². The summed E-state index contributed by atoms with van der Waals surface area (Å²) >= 11 is 0. The fourth-order valence-electron chi connectivity index (χ4n) is 3.55. The summed E-state index contributed by atoms with van der Waals surface area (Å²) in [5.41, 5.74) is 0.352. The average Bonchev–Trinajstić information content (AvgIpc) is 2.58. The molecule has 0 radical (unpaired) electrons. The van der Waals surface area contributed by atoms with Crippen LogP contribution in [0.1, 0.15) is 42.7 Å². The number of hydrogen-bond donors (Lipinski definition) is 0. The molecule has 0 bridgehead atoms. The van der Waals surface area contributed by atoms with Crippen LogP contribution in [0.25, 0.3) is 16.8 Å². The smallest absolute Gasteiger partial charge is 0.206 e. The fraction of sp³-hybridized carbons (Fsp3) is 0.300. The zero-order valence-electron chi connectivity index (χ0n) is 13.2. The van der Waals surface area contributed by atoms with E-state index in [0.29, 0.717) is 17.2 Å². The maximum Gasteiger partial charge on any atom is 0.271 e. The van der Waals surface area contributed by atoms with E-state index >= 15 is 0 Å². The van der Waals surface area contributed by atoms with Crippen molar-refractivity contribution in [1.29, 1.82) is 0 Å². The van der Waals surface area contributed by atoms with E-state index < -0.39 is 23.3 Å². The molecule has 0 aliphatic heterocycles. The lowest BCUT2D eigenvalue weighted by molar-refractivity contribution is 0.376. The third kappa shape index (κ3) is 3.23. The van der Waals surface area contributed by atoms with Gasteiger partial charge in [-0.15, -0.1) is 6.58 Å². The molecular formula is C20H18F4. The first-order chi connectivity index (χ1) is 11.5. The van der Waals surface area contributed by atoms with Gasteiger partial charge in [0.25, 0.3) is 6.08 Å². The number of allylic oxidation sites excluding steroid dienone is 1. The maximum atomic E-state index is 14.3. The second kappa shape index (κ2) is 6.80. The van der Waals surface area contributed by atoms with Crippen molar-refractivity contribution >= 4 is 16.8 Å². The van der Waals surface area contributed by atoms with Crippen LogP contribution in [0, 0.1) is 17.6 Å². The summed E-state index contributed by atoms with van der Waals surface area (Å²) in [7, 11) is 0. The summed E-state index contributed by atoms with van der Waals surface area (Å²) in [6, 6.07) is 6.29. The van der Waals surface area contributed by atoms with Gasteiger partial charge in [-0.3, -0.25) is 0 Å². The van der Waals surface area contributed by atoms with Crippen molar-refractivity contribution in [2.24, 2.45) is 5.92 Å². The molecule has 4 heteroatoms. The van der Waals surface area contributed by atoms with Crippen LogP contribution in [0.3, 0.4) is 0 Å². The lowest BCUT2D eigenvalue weighted by atomic mass is 9.78. The highest BCUT2D eigenvalue weighted by Gasteiger charge is 2.21. The number of hydrogen-bond acceptors (Lipinski definition) is 0. The van der Waals surface area contributed by atoms with Gasteiger partial charge in [0.05, 0.1) is 5.56 Å². The van der Waals surface area contributed by atoms with Crippen molar-refractivity contribution in [1.82, 2.24) is 0 Å². The van der Waals surface area contributed by atoms with Crippen molar-refractivity contribution in [2.45, 2.75) is 31.6 Å². The van der Waals surface area contributed by atoms with Crippen LogP contribution in [-0.4, -0.2) is 0 Å². The normalized spacial score (nSPS) is 20.8. The summed E-state index contributed by atoms with van der Waals surface area (Å²) in [4.78, 5) is 0. The molecule has 0 spiro atoms. The Morgan fingerprint density at radius 3 is 2.38 bits per heavy atom. The summed E-state index contributed by atoms with van der Waals surface area (Å²) in [5, 5.41) is 0.567. The summed E-state index contributed by atoms with van der Waals surface area (Å²) in [6.45, 7) is 3.83. The molecule has 2 aromatic rings. The molecule has 1 aliphatic carbocycles. The van der Waals surface area contributed by atoms with E-state index in [-0.39, 0.29) is 11.5 Å². The van der Waals surface area contributed by atoms with Crippen LogP contribution in [-0.2, 0) is 0 Å². The topological polar surface area (TPSA) is 0 Å². The number of fused-ring (bicyclic) bond motifs is 1. The Morgan fingerprint density at radius 2 is 1.75 bits per heavy atom. The van der Waals surface area contributed by atoms with E-state index in [1.807, 2.05) is 12.1 Å². The Labute approximate surface area is 138 Å². The maximum absolute atomic E-state index is 14.3. The Kier molecular flexibility index (Phi) is 4.74. The molecule has 126 valence electrons. The van der Waals surface area contributed by atoms with Crippen LogP contribution in [0.4, 0.5) is 17.6 Å². The first-order valence-corrected chi connectivity index (χ1v) is 8.06. The van der Waals surface area contributed by atoms with Crippen LogP contribution < -0.4 is 0 Å². The summed E-state index contributed by atoms with van der Waals surface area (Å²) < 4.78 is 53.1. The predicted molar refractivity (Wildman–Crippen MR) is 89.0 cm³/mol. The van der Waals surface area contributed by atoms with Gasteiger partial charge >= 0.3 is 0 Å². The molecule has 1 fully saturated rings. The zero-order valence-corrected chi connectivity index (χ0v) is 13.2. The molecule has 0 heterocycles. The van der Waals surface area contributed by atoms with E-state index in [9.17, 15) is 17.6 Å². The molecule has 3 rings (SSSR count). The lowest BCUT2D eigenvalue weighted by Gasteiger charge is -2.27. The standard InChI is InChI=1S/C20H18F4/c1-2-12-3-5-13(6-4-12)14-7-8-16-15(9-14)10-18(21)17(20(16)24)11-19(22)23/h2,7-13H,1,3-6H2. The van der Waals surface area contributed by atoms with Gasteiger partial charge in [-0.2, -0.15) is 8.78 Å².